The van der Waals surface area contributed by atoms with Gasteiger partial charge in [0.15, 0.2) is 0 Å². The van der Waals surface area contributed by atoms with E-state index in [1.54, 1.807) is 0 Å². The largest absolute Gasteiger partial charge is 0.255 e. The summed E-state index contributed by atoms with van der Waals surface area (Å²) in [6.45, 7) is 8.82. The molecule has 2 aromatic rings. The molecule has 0 spiro atoms. The lowest BCUT2D eigenvalue weighted by atomic mass is 9.88. The molecule has 0 aliphatic rings. The first-order chi connectivity index (χ1) is 8.44. The highest BCUT2D eigenvalue weighted by atomic mass is 14.8. The first kappa shape index (κ1) is 12.7. The minimum absolute atomic E-state index is 0.290. The zero-order chi connectivity index (χ0) is 13.2. The maximum absolute atomic E-state index is 4.42. The van der Waals surface area contributed by atoms with E-state index in [-0.39, 0.29) is 0 Å². The van der Waals surface area contributed by atoms with Gasteiger partial charge in [0.1, 0.15) is 0 Å². The Hall–Kier alpha value is -1.70. The second-order valence-corrected chi connectivity index (χ2v) is 6.01. The molecule has 0 unspecified atom stereocenters. The summed E-state index contributed by atoms with van der Waals surface area (Å²) >= 11 is 0. The summed E-state index contributed by atoms with van der Waals surface area (Å²) in [4.78, 5) is 8.80. The molecule has 2 nitrogen and oxygen atoms in total. The molecule has 0 aliphatic heterocycles. The number of rotatable bonds is 2. The van der Waals surface area contributed by atoms with Crippen LogP contribution in [0.4, 0.5) is 0 Å². The Balaban J connectivity index is 2.33. The van der Waals surface area contributed by atoms with Crippen LogP contribution in [0.25, 0.3) is 11.4 Å². The van der Waals surface area contributed by atoms with Gasteiger partial charge < -0.3 is 0 Å². The summed E-state index contributed by atoms with van der Waals surface area (Å²) < 4.78 is 0. The summed E-state index contributed by atoms with van der Waals surface area (Å²) in [6.07, 6.45) is 4.76. The molecule has 0 atom stereocenters. The van der Waals surface area contributed by atoms with Crippen LogP contribution in [0.5, 0.6) is 0 Å². The van der Waals surface area contributed by atoms with Gasteiger partial charge in [-0.05, 0) is 54.2 Å². The average Bonchev–Trinajstić information content (AvgIpc) is 2.27. The molecule has 0 radical (unpaired) electrons. The predicted molar refractivity (Wildman–Crippen MR) is 75.4 cm³/mol. The summed E-state index contributed by atoms with van der Waals surface area (Å²) in [7, 11) is 0. The van der Waals surface area contributed by atoms with Crippen LogP contribution in [0.3, 0.4) is 0 Å². The van der Waals surface area contributed by atoms with E-state index in [4.69, 9.17) is 0 Å². The molecule has 0 fully saturated rings. The van der Waals surface area contributed by atoms with Crippen molar-refractivity contribution in [3.63, 3.8) is 0 Å². The van der Waals surface area contributed by atoms with Crippen LogP contribution in [0.15, 0.2) is 36.7 Å². The molecule has 0 N–H and O–H groups in total. The molecule has 2 aromatic heterocycles. The Kier molecular flexibility index (Phi) is 3.46. The van der Waals surface area contributed by atoms with Gasteiger partial charge in [0, 0.05) is 12.4 Å². The predicted octanol–water partition coefficient (Wildman–Crippen LogP) is 4.04. The van der Waals surface area contributed by atoms with E-state index in [1.807, 2.05) is 18.5 Å². The van der Waals surface area contributed by atoms with Gasteiger partial charge in [0.05, 0.1) is 11.4 Å². The fourth-order valence-electron chi connectivity index (χ4n) is 2.01. The van der Waals surface area contributed by atoms with Gasteiger partial charge in [0.2, 0.25) is 0 Å². The monoisotopic (exact) mass is 240 g/mol. The van der Waals surface area contributed by atoms with Crippen molar-refractivity contribution in [2.24, 2.45) is 5.41 Å². The standard InChI is InChI=1S/C16H20N2/c1-12-5-7-17-14(9-12)15-10-13(6-8-18-15)11-16(2,3)4/h5-10H,11H2,1-4H3. The summed E-state index contributed by atoms with van der Waals surface area (Å²) in [5.74, 6) is 0. The minimum atomic E-state index is 0.290. The van der Waals surface area contributed by atoms with Gasteiger partial charge in [0.25, 0.3) is 0 Å². The smallest absolute Gasteiger partial charge is 0.0888 e. The van der Waals surface area contributed by atoms with E-state index in [0.29, 0.717) is 5.41 Å². The molecule has 2 rings (SSSR count). The molecule has 0 aromatic carbocycles. The van der Waals surface area contributed by atoms with Crippen molar-refractivity contribution >= 4 is 0 Å². The van der Waals surface area contributed by atoms with Crippen molar-refractivity contribution < 1.29 is 0 Å². The Bertz CT molecular complexity index is 539. The van der Waals surface area contributed by atoms with Crippen molar-refractivity contribution in [1.29, 1.82) is 0 Å². The normalized spacial score (nSPS) is 11.6. The van der Waals surface area contributed by atoms with Crippen molar-refractivity contribution in [3.8, 4) is 11.4 Å². The maximum atomic E-state index is 4.42. The summed E-state index contributed by atoms with van der Waals surface area (Å²) in [6, 6.07) is 8.31. The van der Waals surface area contributed by atoms with Crippen LogP contribution in [0.2, 0.25) is 0 Å². The molecule has 94 valence electrons. The number of hydrogen-bond donors (Lipinski definition) is 0. The van der Waals surface area contributed by atoms with E-state index in [9.17, 15) is 0 Å². The number of nitrogens with zero attached hydrogens (tertiary/aromatic N) is 2. The maximum Gasteiger partial charge on any atom is 0.0888 e. The van der Waals surface area contributed by atoms with E-state index >= 15 is 0 Å². The Labute approximate surface area is 109 Å². The van der Waals surface area contributed by atoms with Gasteiger partial charge in [-0.1, -0.05) is 20.8 Å². The van der Waals surface area contributed by atoms with Gasteiger partial charge >= 0.3 is 0 Å². The van der Waals surface area contributed by atoms with E-state index in [0.717, 1.165) is 17.8 Å². The van der Waals surface area contributed by atoms with Crippen LogP contribution in [0, 0.1) is 12.3 Å². The van der Waals surface area contributed by atoms with Gasteiger partial charge in [-0.15, -0.1) is 0 Å². The highest BCUT2D eigenvalue weighted by Crippen LogP contribution is 2.23. The van der Waals surface area contributed by atoms with E-state index < -0.39 is 0 Å². The van der Waals surface area contributed by atoms with Crippen LogP contribution in [-0.2, 0) is 6.42 Å². The number of aryl methyl sites for hydroxylation is 1. The quantitative estimate of drug-likeness (QED) is 0.791. The molecule has 18 heavy (non-hydrogen) atoms. The topological polar surface area (TPSA) is 25.8 Å². The van der Waals surface area contributed by atoms with Crippen LogP contribution in [0.1, 0.15) is 31.9 Å². The van der Waals surface area contributed by atoms with E-state index in [1.165, 1.54) is 11.1 Å². The molecule has 2 heterocycles. The Morgan fingerprint density at radius 2 is 1.56 bits per heavy atom. The number of pyridine rings is 2. The molecule has 0 amide bonds. The van der Waals surface area contributed by atoms with Gasteiger partial charge in [-0.3, -0.25) is 9.97 Å². The Morgan fingerprint density at radius 3 is 2.17 bits per heavy atom. The van der Waals surface area contributed by atoms with Crippen molar-refractivity contribution in [2.75, 3.05) is 0 Å². The van der Waals surface area contributed by atoms with Crippen molar-refractivity contribution in [2.45, 2.75) is 34.1 Å². The second kappa shape index (κ2) is 4.89. The van der Waals surface area contributed by atoms with Crippen LogP contribution < -0.4 is 0 Å². The molecular weight excluding hydrogens is 220 g/mol. The van der Waals surface area contributed by atoms with Gasteiger partial charge in [-0.25, -0.2) is 0 Å². The lowest BCUT2D eigenvalue weighted by Crippen LogP contribution is -2.09. The fourth-order valence-corrected chi connectivity index (χ4v) is 2.01. The lowest BCUT2D eigenvalue weighted by Gasteiger charge is -2.18. The third-order valence-electron chi connectivity index (χ3n) is 2.74. The SMILES string of the molecule is Cc1ccnc(-c2cc(CC(C)(C)C)ccn2)c1. The summed E-state index contributed by atoms with van der Waals surface area (Å²) in [5.41, 5.74) is 4.73. The zero-order valence-corrected chi connectivity index (χ0v) is 11.6. The third kappa shape index (κ3) is 3.39. The molecule has 0 bridgehead atoms. The molecular formula is C16H20N2. The highest BCUT2D eigenvalue weighted by Gasteiger charge is 2.12. The molecule has 2 heteroatoms. The minimum Gasteiger partial charge on any atom is -0.255 e. The molecule has 0 saturated carbocycles. The van der Waals surface area contributed by atoms with E-state index in [2.05, 4.69) is 55.9 Å². The summed E-state index contributed by atoms with van der Waals surface area (Å²) in [5, 5.41) is 0. The average molecular weight is 240 g/mol. The fraction of sp³-hybridized carbons (Fsp3) is 0.375. The zero-order valence-electron chi connectivity index (χ0n) is 11.6. The first-order valence-corrected chi connectivity index (χ1v) is 6.32. The Morgan fingerprint density at radius 1 is 0.944 bits per heavy atom. The van der Waals surface area contributed by atoms with Crippen molar-refractivity contribution in [1.82, 2.24) is 9.97 Å². The third-order valence-corrected chi connectivity index (χ3v) is 2.74. The lowest BCUT2D eigenvalue weighted by molar-refractivity contribution is 0.411. The van der Waals surface area contributed by atoms with Crippen LogP contribution in [-0.4, -0.2) is 9.97 Å². The second-order valence-electron chi connectivity index (χ2n) is 6.01. The van der Waals surface area contributed by atoms with Gasteiger partial charge in [-0.2, -0.15) is 0 Å². The molecule has 0 aliphatic carbocycles. The number of hydrogen-bond acceptors (Lipinski definition) is 2. The number of aromatic nitrogens is 2. The van der Waals surface area contributed by atoms with Crippen LogP contribution >= 0.6 is 0 Å². The highest BCUT2D eigenvalue weighted by molar-refractivity contribution is 5.55. The first-order valence-electron chi connectivity index (χ1n) is 6.32. The molecule has 0 saturated heterocycles. The van der Waals surface area contributed by atoms with Crippen molar-refractivity contribution in [3.05, 3.63) is 47.8 Å².